The van der Waals surface area contributed by atoms with E-state index in [1.165, 1.54) is 94.9 Å². The minimum atomic E-state index is 0. The largest absolute Gasteiger partial charge is 1.00 e. The van der Waals surface area contributed by atoms with Gasteiger partial charge in [0.05, 0.1) is 0 Å². The van der Waals surface area contributed by atoms with Crippen molar-refractivity contribution < 1.29 is 17.0 Å². The first kappa shape index (κ1) is 22.4. The molecule has 1 rings (SSSR count). The molecule has 0 aliphatic heterocycles. The maximum Gasteiger partial charge on any atom is 0.181 e. The van der Waals surface area contributed by atoms with Gasteiger partial charge in [-0.2, -0.15) is 0 Å². The number of nitrogens with zero attached hydrogens (tertiary/aromatic N) is 1. The van der Waals surface area contributed by atoms with Crippen molar-refractivity contribution >= 4 is 0 Å². The Morgan fingerprint density at radius 2 is 1.22 bits per heavy atom. The smallest absolute Gasteiger partial charge is 0.181 e. The van der Waals surface area contributed by atoms with Crippen LogP contribution in [0.15, 0.2) is 18.3 Å². The van der Waals surface area contributed by atoms with Gasteiger partial charge in [0, 0.05) is 25.0 Å². The normalized spacial score (nSPS) is 10.6. The van der Waals surface area contributed by atoms with E-state index in [-0.39, 0.29) is 12.4 Å². The van der Waals surface area contributed by atoms with E-state index in [2.05, 4.69) is 43.7 Å². The van der Waals surface area contributed by atoms with Crippen molar-refractivity contribution in [3.05, 3.63) is 29.6 Å². The van der Waals surface area contributed by atoms with Crippen LogP contribution in [0.4, 0.5) is 0 Å². The van der Waals surface area contributed by atoms with Gasteiger partial charge in [0.15, 0.2) is 11.9 Å². The van der Waals surface area contributed by atoms with Crippen molar-refractivity contribution in [2.45, 2.75) is 104 Å². The zero-order chi connectivity index (χ0) is 16.0. The first-order chi connectivity index (χ1) is 10.8. The van der Waals surface area contributed by atoms with E-state index >= 15 is 0 Å². The molecular weight excluding hydrogens is 302 g/mol. The molecule has 0 N–H and O–H groups in total. The SMILES string of the molecule is CCCCCCCCCCCCCC[n+]1cccc(C)c1C.[Cl-]. The van der Waals surface area contributed by atoms with E-state index in [0.29, 0.717) is 0 Å². The van der Waals surface area contributed by atoms with Crippen LogP contribution >= 0.6 is 0 Å². The van der Waals surface area contributed by atoms with Crippen molar-refractivity contribution in [2.75, 3.05) is 0 Å². The van der Waals surface area contributed by atoms with Crippen molar-refractivity contribution in [3.63, 3.8) is 0 Å². The highest BCUT2D eigenvalue weighted by atomic mass is 35.5. The van der Waals surface area contributed by atoms with Crippen LogP contribution in [0.2, 0.25) is 0 Å². The Morgan fingerprint density at radius 3 is 1.74 bits per heavy atom. The molecule has 1 aromatic heterocycles. The fourth-order valence-electron chi connectivity index (χ4n) is 3.12. The van der Waals surface area contributed by atoms with Crippen LogP contribution in [0.1, 0.15) is 95.2 Å². The Bertz CT molecular complexity index is 389. The minimum Gasteiger partial charge on any atom is -1.00 e. The topological polar surface area (TPSA) is 3.88 Å². The molecule has 0 aliphatic rings. The molecular formula is C21H38ClN. The Balaban J connectivity index is 0.00000484. The average molecular weight is 340 g/mol. The van der Waals surface area contributed by atoms with Crippen LogP contribution in [0.25, 0.3) is 0 Å². The number of halogens is 1. The van der Waals surface area contributed by atoms with Gasteiger partial charge in [-0.15, -0.1) is 0 Å². The summed E-state index contributed by atoms with van der Waals surface area (Å²) in [5.41, 5.74) is 2.83. The molecule has 2 heteroatoms. The lowest BCUT2D eigenvalue weighted by Gasteiger charge is -2.04. The number of aromatic nitrogens is 1. The van der Waals surface area contributed by atoms with Crippen LogP contribution < -0.4 is 17.0 Å². The molecule has 134 valence electrons. The van der Waals surface area contributed by atoms with Crippen molar-refractivity contribution in [1.29, 1.82) is 0 Å². The number of hydrogen-bond acceptors (Lipinski definition) is 0. The number of pyridine rings is 1. The van der Waals surface area contributed by atoms with E-state index in [9.17, 15) is 0 Å². The van der Waals surface area contributed by atoms with E-state index in [1.54, 1.807) is 0 Å². The molecule has 0 spiro atoms. The molecule has 0 saturated carbocycles. The summed E-state index contributed by atoms with van der Waals surface area (Å²) in [7, 11) is 0. The van der Waals surface area contributed by atoms with Crippen LogP contribution in [0, 0.1) is 13.8 Å². The molecule has 23 heavy (non-hydrogen) atoms. The summed E-state index contributed by atoms with van der Waals surface area (Å²) >= 11 is 0. The van der Waals surface area contributed by atoms with E-state index < -0.39 is 0 Å². The zero-order valence-electron chi connectivity index (χ0n) is 15.7. The second-order valence-corrected chi connectivity index (χ2v) is 6.86. The van der Waals surface area contributed by atoms with Gasteiger partial charge in [0.2, 0.25) is 0 Å². The minimum absolute atomic E-state index is 0. The second kappa shape index (κ2) is 15.0. The molecule has 0 unspecified atom stereocenters. The van der Waals surface area contributed by atoms with Gasteiger partial charge >= 0.3 is 0 Å². The monoisotopic (exact) mass is 339 g/mol. The van der Waals surface area contributed by atoms with Crippen LogP contribution in [-0.2, 0) is 6.54 Å². The molecule has 0 atom stereocenters. The van der Waals surface area contributed by atoms with Crippen molar-refractivity contribution in [3.8, 4) is 0 Å². The van der Waals surface area contributed by atoms with E-state index in [4.69, 9.17) is 0 Å². The lowest BCUT2D eigenvalue weighted by molar-refractivity contribution is -0.703. The van der Waals surface area contributed by atoms with Gasteiger partial charge in [-0.1, -0.05) is 71.1 Å². The molecule has 0 bridgehead atoms. The predicted octanol–water partition coefficient (Wildman–Crippen LogP) is 3.30. The predicted molar refractivity (Wildman–Crippen MR) is 97.2 cm³/mol. The second-order valence-electron chi connectivity index (χ2n) is 6.86. The van der Waals surface area contributed by atoms with Gasteiger partial charge in [-0.05, 0) is 19.4 Å². The van der Waals surface area contributed by atoms with Gasteiger partial charge in [0.25, 0.3) is 0 Å². The molecule has 1 heterocycles. The highest BCUT2D eigenvalue weighted by Crippen LogP contribution is 2.12. The average Bonchev–Trinajstić information content (AvgIpc) is 2.52. The summed E-state index contributed by atoms with van der Waals surface area (Å²) in [5.74, 6) is 0. The summed E-state index contributed by atoms with van der Waals surface area (Å²) in [6.07, 6.45) is 19.3. The summed E-state index contributed by atoms with van der Waals surface area (Å²) in [6.45, 7) is 7.91. The quantitative estimate of drug-likeness (QED) is 0.383. The molecule has 0 fully saturated rings. The van der Waals surface area contributed by atoms with Gasteiger partial charge in [-0.25, -0.2) is 4.57 Å². The molecule has 0 aliphatic carbocycles. The number of rotatable bonds is 13. The third kappa shape index (κ3) is 10.8. The molecule has 1 aromatic rings. The first-order valence-corrected chi connectivity index (χ1v) is 9.71. The highest BCUT2D eigenvalue weighted by molar-refractivity contribution is 5.11. The zero-order valence-corrected chi connectivity index (χ0v) is 16.5. The summed E-state index contributed by atoms with van der Waals surface area (Å²) in [5, 5.41) is 0. The Kier molecular flexibility index (Phi) is 14.6. The Morgan fingerprint density at radius 1 is 0.739 bits per heavy atom. The number of aryl methyl sites for hydroxylation is 2. The van der Waals surface area contributed by atoms with Crippen LogP contribution in [0.5, 0.6) is 0 Å². The van der Waals surface area contributed by atoms with Gasteiger partial charge < -0.3 is 12.4 Å². The highest BCUT2D eigenvalue weighted by Gasteiger charge is 2.06. The van der Waals surface area contributed by atoms with Crippen LogP contribution in [0.3, 0.4) is 0 Å². The van der Waals surface area contributed by atoms with E-state index in [0.717, 1.165) is 0 Å². The molecule has 1 nitrogen and oxygen atoms in total. The third-order valence-electron chi connectivity index (χ3n) is 4.87. The lowest BCUT2D eigenvalue weighted by atomic mass is 10.1. The molecule has 0 amide bonds. The first-order valence-electron chi connectivity index (χ1n) is 9.71. The van der Waals surface area contributed by atoms with Gasteiger partial charge in [0.1, 0.15) is 6.54 Å². The van der Waals surface area contributed by atoms with Crippen molar-refractivity contribution in [2.24, 2.45) is 0 Å². The van der Waals surface area contributed by atoms with Crippen LogP contribution in [-0.4, -0.2) is 0 Å². The lowest BCUT2D eigenvalue weighted by Crippen LogP contribution is -3.00. The Labute approximate surface area is 151 Å². The van der Waals surface area contributed by atoms with Gasteiger partial charge in [-0.3, -0.25) is 0 Å². The third-order valence-corrected chi connectivity index (χ3v) is 4.87. The summed E-state index contributed by atoms with van der Waals surface area (Å²) < 4.78 is 2.41. The number of hydrogen-bond donors (Lipinski definition) is 0. The summed E-state index contributed by atoms with van der Waals surface area (Å²) in [6, 6.07) is 4.37. The fraction of sp³-hybridized carbons (Fsp3) is 0.762. The Hall–Kier alpha value is -0.560. The number of unbranched alkanes of at least 4 members (excludes halogenated alkanes) is 11. The summed E-state index contributed by atoms with van der Waals surface area (Å²) in [4.78, 5) is 0. The standard InChI is InChI=1S/C21H38N.ClH/c1-4-5-6-7-8-9-10-11-12-13-14-15-18-22-19-16-17-20(2)21(22)3;/h16-17,19H,4-15,18H2,1-3H3;1H/q+1;/p-1. The molecule has 0 aromatic carbocycles. The van der Waals surface area contributed by atoms with Crippen molar-refractivity contribution in [1.82, 2.24) is 0 Å². The molecule has 0 radical (unpaired) electrons. The maximum atomic E-state index is 2.41. The molecule has 0 saturated heterocycles. The maximum absolute atomic E-state index is 2.41. The fourth-order valence-corrected chi connectivity index (χ4v) is 3.12. The van der Waals surface area contributed by atoms with E-state index in [1.807, 2.05) is 0 Å².